The molecule has 0 spiro atoms. The number of carbonyl (C=O) groups excluding carboxylic acids is 2. The molecule has 0 N–H and O–H groups in total. The predicted molar refractivity (Wildman–Crippen MR) is 156 cm³/mol. The Labute approximate surface area is 245 Å². The zero-order valence-corrected chi connectivity index (χ0v) is 25.1. The molecule has 0 saturated carbocycles. The van der Waals surface area contributed by atoms with Crippen molar-refractivity contribution in [2.75, 3.05) is 19.6 Å². The molecule has 2 aliphatic rings. The van der Waals surface area contributed by atoms with Gasteiger partial charge >= 0.3 is 5.97 Å². The van der Waals surface area contributed by atoms with Gasteiger partial charge in [0.2, 0.25) is 0 Å². The lowest BCUT2D eigenvalue weighted by Crippen LogP contribution is -2.38. The number of piperidine rings is 1. The number of ketones is 1. The number of likely N-dealkylation sites (tertiary alicyclic amines) is 1. The number of fused-ring (bicyclic) bond motifs is 2. The van der Waals surface area contributed by atoms with Gasteiger partial charge in [-0.1, -0.05) is 25.9 Å². The molecule has 226 valence electrons. The van der Waals surface area contributed by atoms with Gasteiger partial charge in [0, 0.05) is 60.0 Å². The molecule has 2 aliphatic heterocycles. The molecule has 3 aromatic rings. The van der Waals surface area contributed by atoms with E-state index in [2.05, 4.69) is 10.1 Å². The third kappa shape index (κ3) is 6.64. The van der Waals surface area contributed by atoms with E-state index >= 15 is 0 Å². The standard InChI is InChI=1S/C32H41FN4O5/c1-20-23(14-18-36-16-12-21(13-17-36)29-24-11-10-22(33)19-26(24)42-35-29)31(40)37-15-6-7-25(30(37)34-20)41-28(39)9-5-8-27(38)32(2,3)4/h10-11,19,21,25H,5-9,12-18H2,1-4H3. The van der Waals surface area contributed by atoms with E-state index < -0.39 is 11.5 Å². The van der Waals surface area contributed by atoms with E-state index in [0.29, 0.717) is 54.9 Å². The van der Waals surface area contributed by atoms with E-state index in [9.17, 15) is 18.8 Å². The molecule has 1 unspecified atom stereocenters. The highest BCUT2D eigenvalue weighted by molar-refractivity contribution is 5.84. The number of ether oxygens (including phenoxy) is 1. The van der Waals surface area contributed by atoms with Gasteiger partial charge in [-0.05, 0) is 70.7 Å². The van der Waals surface area contributed by atoms with Crippen molar-refractivity contribution in [3.8, 4) is 0 Å². The second-order valence-corrected chi connectivity index (χ2v) is 12.7. The number of Topliss-reactive ketones (excluding diaryl/α,β-unsaturated/α-hetero) is 1. The normalized spacial score (nSPS) is 18.3. The van der Waals surface area contributed by atoms with Crippen LogP contribution in [0, 0.1) is 18.2 Å². The van der Waals surface area contributed by atoms with Crippen molar-refractivity contribution in [2.45, 2.75) is 97.6 Å². The molecular weight excluding hydrogens is 539 g/mol. The summed E-state index contributed by atoms with van der Waals surface area (Å²) in [6.07, 6.45) is 4.20. The van der Waals surface area contributed by atoms with Crippen molar-refractivity contribution in [1.29, 1.82) is 0 Å². The van der Waals surface area contributed by atoms with E-state index in [-0.39, 0.29) is 35.5 Å². The lowest BCUT2D eigenvalue weighted by Gasteiger charge is -2.31. The summed E-state index contributed by atoms with van der Waals surface area (Å²) in [5, 5.41) is 5.11. The second-order valence-electron chi connectivity index (χ2n) is 12.7. The summed E-state index contributed by atoms with van der Waals surface area (Å²) in [6.45, 7) is 10.5. The fraction of sp³-hybridized carbons (Fsp3) is 0.594. The Bertz CT molecular complexity index is 1510. The number of hydrogen-bond donors (Lipinski definition) is 0. The molecule has 0 bridgehead atoms. The zero-order valence-electron chi connectivity index (χ0n) is 25.1. The lowest BCUT2D eigenvalue weighted by molar-refractivity contribution is -0.151. The summed E-state index contributed by atoms with van der Waals surface area (Å²) in [6, 6.07) is 4.55. The van der Waals surface area contributed by atoms with E-state index in [1.165, 1.54) is 12.1 Å². The zero-order chi connectivity index (χ0) is 30.0. The van der Waals surface area contributed by atoms with Crippen LogP contribution in [-0.4, -0.2) is 51.0 Å². The fourth-order valence-electron chi connectivity index (χ4n) is 6.06. The Morgan fingerprint density at radius 1 is 1.12 bits per heavy atom. The van der Waals surface area contributed by atoms with Crippen molar-refractivity contribution in [2.24, 2.45) is 5.41 Å². The molecule has 1 atom stereocenters. The van der Waals surface area contributed by atoms with Crippen molar-refractivity contribution in [1.82, 2.24) is 19.6 Å². The van der Waals surface area contributed by atoms with Crippen molar-refractivity contribution in [3.05, 3.63) is 57.1 Å². The van der Waals surface area contributed by atoms with Gasteiger partial charge in [0.05, 0.1) is 5.69 Å². The minimum absolute atomic E-state index is 0.0507. The molecule has 10 heteroatoms. The molecule has 0 amide bonds. The highest BCUT2D eigenvalue weighted by atomic mass is 19.1. The second kappa shape index (κ2) is 12.5. The first-order chi connectivity index (χ1) is 20.0. The topological polar surface area (TPSA) is 108 Å². The lowest BCUT2D eigenvalue weighted by atomic mass is 9.88. The van der Waals surface area contributed by atoms with Crippen LogP contribution in [0.25, 0.3) is 11.0 Å². The van der Waals surface area contributed by atoms with Crippen LogP contribution in [0.4, 0.5) is 4.39 Å². The van der Waals surface area contributed by atoms with Gasteiger partial charge in [-0.2, -0.15) is 0 Å². The van der Waals surface area contributed by atoms with Crippen LogP contribution in [0.3, 0.4) is 0 Å². The first-order valence-corrected chi connectivity index (χ1v) is 15.1. The van der Waals surface area contributed by atoms with Crippen LogP contribution < -0.4 is 5.56 Å². The molecule has 42 heavy (non-hydrogen) atoms. The smallest absolute Gasteiger partial charge is 0.306 e. The maximum absolute atomic E-state index is 13.5. The van der Waals surface area contributed by atoms with Crippen LogP contribution in [0.5, 0.6) is 0 Å². The molecule has 0 radical (unpaired) electrons. The molecular formula is C32H41FN4O5. The SMILES string of the molecule is Cc1nc2n(c(=O)c1CCN1CCC(c3noc4cc(F)ccc34)CC1)CCCC2OC(=O)CCCC(=O)C(C)(C)C. The number of aryl methyl sites for hydroxylation is 1. The highest BCUT2D eigenvalue weighted by Gasteiger charge is 2.29. The molecule has 1 saturated heterocycles. The average Bonchev–Trinajstić information content (AvgIpc) is 3.36. The predicted octanol–water partition coefficient (Wildman–Crippen LogP) is 5.42. The number of benzene rings is 1. The third-order valence-corrected chi connectivity index (χ3v) is 8.64. The third-order valence-electron chi connectivity index (χ3n) is 8.64. The number of nitrogens with zero attached hydrogens (tertiary/aromatic N) is 4. The van der Waals surface area contributed by atoms with Crippen LogP contribution in [-0.2, 0) is 27.3 Å². The summed E-state index contributed by atoms with van der Waals surface area (Å²) in [5.74, 6) is 0.206. The number of esters is 1. The largest absolute Gasteiger partial charge is 0.454 e. The molecule has 1 aromatic carbocycles. The van der Waals surface area contributed by atoms with Gasteiger partial charge in [-0.3, -0.25) is 19.0 Å². The van der Waals surface area contributed by atoms with Crippen molar-refractivity contribution >= 4 is 22.7 Å². The summed E-state index contributed by atoms with van der Waals surface area (Å²) < 4.78 is 26.3. The van der Waals surface area contributed by atoms with Gasteiger partial charge < -0.3 is 14.2 Å². The Morgan fingerprint density at radius 3 is 2.62 bits per heavy atom. The maximum atomic E-state index is 13.5. The van der Waals surface area contributed by atoms with Crippen molar-refractivity contribution < 1.29 is 23.2 Å². The minimum atomic E-state index is -0.548. The van der Waals surface area contributed by atoms with Gasteiger partial charge in [-0.25, -0.2) is 9.37 Å². The van der Waals surface area contributed by atoms with Crippen LogP contribution >= 0.6 is 0 Å². The Hall–Kier alpha value is -3.40. The van der Waals surface area contributed by atoms with E-state index in [1.807, 2.05) is 27.7 Å². The van der Waals surface area contributed by atoms with Crippen LogP contribution in [0.1, 0.15) is 101 Å². The van der Waals surface area contributed by atoms with Gasteiger partial charge in [0.25, 0.3) is 5.56 Å². The van der Waals surface area contributed by atoms with E-state index in [0.717, 1.165) is 50.0 Å². The number of halogens is 1. The Kier molecular flexibility index (Phi) is 8.92. The molecule has 2 aromatic heterocycles. The van der Waals surface area contributed by atoms with E-state index in [4.69, 9.17) is 14.2 Å². The average molecular weight is 581 g/mol. The fourth-order valence-corrected chi connectivity index (χ4v) is 6.06. The monoisotopic (exact) mass is 580 g/mol. The summed E-state index contributed by atoms with van der Waals surface area (Å²) in [5.41, 5.74) is 2.29. The van der Waals surface area contributed by atoms with Crippen LogP contribution in [0.15, 0.2) is 27.5 Å². The first-order valence-electron chi connectivity index (χ1n) is 15.1. The number of carbonyl (C=O) groups is 2. The maximum Gasteiger partial charge on any atom is 0.306 e. The number of aromatic nitrogens is 3. The van der Waals surface area contributed by atoms with Gasteiger partial charge in [0.15, 0.2) is 17.5 Å². The van der Waals surface area contributed by atoms with E-state index in [1.54, 1.807) is 10.6 Å². The molecule has 5 rings (SSSR count). The minimum Gasteiger partial charge on any atom is -0.454 e. The molecule has 9 nitrogen and oxygen atoms in total. The van der Waals surface area contributed by atoms with Crippen LogP contribution in [0.2, 0.25) is 0 Å². The highest BCUT2D eigenvalue weighted by Crippen LogP contribution is 2.33. The summed E-state index contributed by atoms with van der Waals surface area (Å²) >= 11 is 0. The number of rotatable bonds is 9. The molecule has 1 fully saturated rings. The first kappa shape index (κ1) is 30.1. The Morgan fingerprint density at radius 2 is 1.88 bits per heavy atom. The van der Waals surface area contributed by atoms with Gasteiger partial charge in [0.1, 0.15) is 11.6 Å². The Balaban J connectivity index is 1.16. The molecule has 4 heterocycles. The van der Waals surface area contributed by atoms with Gasteiger partial charge in [-0.15, -0.1) is 0 Å². The summed E-state index contributed by atoms with van der Waals surface area (Å²) in [7, 11) is 0. The number of hydrogen-bond acceptors (Lipinski definition) is 8. The molecule has 0 aliphatic carbocycles. The quantitative estimate of drug-likeness (QED) is 0.309. The van der Waals surface area contributed by atoms with Crippen molar-refractivity contribution in [3.63, 3.8) is 0 Å². The summed E-state index contributed by atoms with van der Waals surface area (Å²) in [4.78, 5) is 45.4.